The normalized spacial score (nSPS) is 15.0. The minimum atomic E-state index is -0.316. The minimum absolute atomic E-state index is 0.316. The predicted molar refractivity (Wildman–Crippen MR) is 129 cm³/mol. The number of hydrazone groups is 1. The summed E-state index contributed by atoms with van der Waals surface area (Å²) in [4.78, 5) is 18.9. The minimum Gasteiger partial charge on any atom is -0.354 e. The number of piperidine rings is 1. The Balaban J connectivity index is 1.21. The van der Waals surface area contributed by atoms with E-state index in [2.05, 4.69) is 31.8 Å². The maximum Gasteiger partial charge on any atom is 0.289 e. The number of nitrogens with zero attached hydrogens (tertiary/aromatic N) is 3. The molecule has 1 aromatic heterocycles. The number of rotatable bonds is 7. The number of hydrogen-bond donors (Lipinski definition) is 2. The Kier molecular flexibility index (Phi) is 7.48. The summed E-state index contributed by atoms with van der Waals surface area (Å²) >= 11 is 6.27. The van der Waals surface area contributed by atoms with Crippen LogP contribution < -0.4 is 10.7 Å². The lowest BCUT2D eigenvalue weighted by atomic mass is 9.98. The molecule has 1 fully saturated rings. The zero-order chi connectivity index (χ0) is 22.2. The van der Waals surface area contributed by atoms with E-state index in [1.807, 2.05) is 60.8 Å². The molecule has 1 saturated heterocycles. The number of halogens is 1. The third kappa shape index (κ3) is 6.15. The quantitative estimate of drug-likeness (QED) is 0.390. The van der Waals surface area contributed by atoms with Crippen molar-refractivity contribution in [2.75, 3.05) is 18.4 Å². The van der Waals surface area contributed by atoms with Crippen LogP contribution in [0.25, 0.3) is 0 Å². The molecule has 0 bridgehead atoms. The van der Waals surface area contributed by atoms with E-state index < -0.39 is 0 Å². The Hall–Kier alpha value is -3.22. The van der Waals surface area contributed by atoms with Gasteiger partial charge in [0.05, 0.1) is 11.9 Å². The summed E-state index contributed by atoms with van der Waals surface area (Å²) in [7, 11) is 0. The summed E-state index contributed by atoms with van der Waals surface area (Å²) < 4.78 is 0. The number of pyridine rings is 1. The third-order valence-electron chi connectivity index (χ3n) is 5.49. The molecule has 1 amide bonds. The summed E-state index contributed by atoms with van der Waals surface area (Å²) in [5.74, 6) is 0.0341. The Labute approximate surface area is 193 Å². The molecule has 7 heteroatoms. The van der Waals surface area contributed by atoms with Gasteiger partial charge in [-0.05, 0) is 67.7 Å². The second-order valence-electron chi connectivity index (χ2n) is 7.85. The van der Waals surface area contributed by atoms with Crippen LogP contribution in [0.15, 0.2) is 78.0 Å². The van der Waals surface area contributed by atoms with Crippen LogP contribution in [0.5, 0.6) is 0 Å². The summed E-state index contributed by atoms with van der Waals surface area (Å²) in [5, 5.41) is 8.22. The fraction of sp³-hybridized carbons (Fsp3) is 0.240. The molecular formula is C25H26ClN5O. The van der Waals surface area contributed by atoms with E-state index in [0.717, 1.165) is 54.4 Å². The number of carbonyl (C=O) groups excluding carboxylic acids is 1. The van der Waals surface area contributed by atoms with E-state index in [1.165, 1.54) is 0 Å². The lowest BCUT2D eigenvalue weighted by molar-refractivity contribution is 0.0950. The molecule has 2 heterocycles. The number of hydrogen-bond acceptors (Lipinski definition) is 5. The first-order valence-electron chi connectivity index (χ1n) is 10.7. The predicted octanol–water partition coefficient (Wildman–Crippen LogP) is 5.11. The molecule has 1 aliphatic rings. The topological polar surface area (TPSA) is 69.6 Å². The number of likely N-dealkylation sites (tertiary alicyclic amines) is 1. The molecule has 2 aromatic carbocycles. The second kappa shape index (κ2) is 10.9. The lowest BCUT2D eigenvalue weighted by Gasteiger charge is -2.30. The highest BCUT2D eigenvalue weighted by molar-refractivity contribution is 6.31. The van der Waals surface area contributed by atoms with Gasteiger partial charge in [0.25, 0.3) is 5.91 Å². The lowest BCUT2D eigenvalue weighted by Crippen LogP contribution is -2.34. The van der Waals surface area contributed by atoms with Crippen molar-refractivity contribution in [1.29, 1.82) is 0 Å². The molecule has 164 valence electrons. The average molecular weight is 448 g/mol. The van der Waals surface area contributed by atoms with Crippen molar-refractivity contribution in [3.8, 4) is 0 Å². The van der Waals surface area contributed by atoms with Gasteiger partial charge < -0.3 is 5.32 Å². The number of carbonyl (C=O) groups is 1. The van der Waals surface area contributed by atoms with E-state index in [0.29, 0.717) is 11.6 Å². The van der Waals surface area contributed by atoms with Gasteiger partial charge in [-0.2, -0.15) is 5.10 Å². The van der Waals surface area contributed by atoms with Crippen molar-refractivity contribution in [3.63, 3.8) is 0 Å². The summed E-state index contributed by atoms with van der Waals surface area (Å²) in [6, 6.07) is 21.3. The van der Waals surface area contributed by atoms with Crippen LogP contribution in [0.3, 0.4) is 0 Å². The van der Waals surface area contributed by atoms with Crippen LogP contribution in [-0.2, 0) is 6.54 Å². The van der Waals surface area contributed by atoms with Crippen molar-refractivity contribution < 1.29 is 4.79 Å². The molecule has 0 unspecified atom stereocenters. The van der Waals surface area contributed by atoms with Crippen LogP contribution in [-0.4, -0.2) is 35.1 Å². The maximum atomic E-state index is 12.3. The standard InChI is InChI=1S/C25H26ClN5O/c26-23-9-5-4-6-20(23)18-31-14-12-19(13-15-31)16-28-30-25(32)24-11-10-22(17-27-24)29-21-7-2-1-3-8-21/h1-11,16-17,19,29H,12-15,18H2,(H,30,32). The van der Waals surface area contributed by atoms with E-state index in [1.54, 1.807) is 12.3 Å². The van der Waals surface area contributed by atoms with Crippen LogP contribution in [0.2, 0.25) is 5.02 Å². The fourth-order valence-electron chi connectivity index (χ4n) is 3.68. The van der Waals surface area contributed by atoms with Crippen molar-refractivity contribution in [2.45, 2.75) is 19.4 Å². The molecule has 0 aliphatic carbocycles. The Morgan fingerprint density at radius 1 is 1.03 bits per heavy atom. The summed E-state index contributed by atoms with van der Waals surface area (Å²) in [6.07, 6.45) is 5.49. The summed E-state index contributed by atoms with van der Waals surface area (Å²) in [6.45, 7) is 2.82. The molecule has 0 spiro atoms. The van der Waals surface area contributed by atoms with Crippen LogP contribution in [0, 0.1) is 5.92 Å². The Morgan fingerprint density at radius 3 is 2.50 bits per heavy atom. The molecule has 1 aliphatic heterocycles. The first-order valence-corrected chi connectivity index (χ1v) is 11.1. The highest BCUT2D eigenvalue weighted by Gasteiger charge is 2.18. The molecule has 6 nitrogen and oxygen atoms in total. The molecule has 0 atom stereocenters. The monoisotopic (exact) mass is 447 g/mol. The maximum absolute atomic E-state index is 12.3. The Bertz CT molecular complexity index is 1050. The average Bonchev–Trinajstić information content (AvgIpc) is 2.83. The second-order valence-corrected chi connectivity index (χ2v) is 8.25. The zero-order valence-corrected chi connectivity index (χ0v) is 18.5. The van der Waals surface area contributed by atoms with Gasteiger partial charge in [0, 0.05) is 23.5 Å². The number of amides is 1. The molecule has 2 N–H and O–H groups in total. The number of para-hydroxylation sites is 1. The van der Waals surface area contributed by atoms with Gasteiger partial charge in [-0.15, -0.1) is 0 Å². The molecule has 3 aromatic rings. The molecule has 0 saturated carbocycles. The zero-order valence-electron chi connectivity index (χ0n) is 17.7. The van der Waals surface area contributed by atoms with Gasteiger partial charge in [-0.3, -0.25) is 9.69 Å². The number of benzene rings is 2. The number of nitrogens with one attached hydrogen (secondary N) is 2. The number of aromatic nitrogens is 1. The van der Waals surface area contributed by atoms with E-state index in [-0.39, 0.29) is 5.91 Å². The Morgan fingerprint density at radius 2 is 1.78 bits per heavy atom. The highest BCUT2D eigenvalue weighted by Crippen LogP contribution is 2.21. The van der Waals surface area contributed by atoms with Gasteiger partial charge >= 0.3 is 0 Å². The van der Waals surface area contributed by atoms with Crippen molar-refractivity contribution in [3.05, 3.63) is 89.2 Å². The van der Waals surface area contributed by atoms with E-state index in [4.69, 9.17) is 11.6 Å². The largest absolute Gasteiger partial charge is 0.354 e. The van der Waals surface area contributed by atoms with Gasteiger partial charge in [0.2, 0.25) is 0 Å². The van der Waals surface area contributed by atoms with Crippen LogP contribution >= 0.6 is 11.6 Å². The summed E-state index contributed by atoms with van der Waals surface area (Å²) in [5.41, 5.74) is 5.86. The smallest absolute Gasteiger partial charge is 0.289 e. The van der Waals surface area contributed by atoms with Crippen molar-refractivity contribution >= 4 is 35.1 Å². The van der Waals surface area contributed by atoms with Gasteiger partial charge in [-0.1, -0.05) is 48.0 Å². The van der Waals surface area contributed by atoms with Crippen LogP contribution in [0.4, 0.5) is 11.4 Å². The van der Waals surface area contributed by atoms with Gasteiger partial charge in [0.15, 0.2) is 0 Å². The SMILES string of the molecule is O=C(NN=CC1CCN(Cc2ccccc2Cl)CC1)c1ccc(Nc2ccccc2)cn1. The van der Waals surface area contributed by atoms with E-state index in [9.17, 15) is 4.79 Å². The van der Waals surface area contributed by atoms with Crippen LogP contribution in [0.1, 0.15) is 28.9 Å². The molecular weight excluding hydrogens is 422 g/mol. The molecule has 32 heavy (non-hydrogen) atoms. The van der Waals surface area contributed by atoms with E-state index >= 15 is 0 Å². The molecule has 0 radical (unpaired) electrons. The third-order valence-corrected chi connectivity index (χ3v) is 5.86. The highest BCUT2D eigenvalue weighted by atomic mass is 35.5. The van der Waals surface area contributed by atoms with Gasteiger partial charge in [0.1, 0.15) is 5.69 Å². The first kappa shape index (κ1) is 22.0. The fourth-order valence-corrected chi connectivity index (χ4v) is 3.87. The van der Waals surface area contributed by atoms with Crippen molar-refractivity contribution in [2.24, 2.45) is 11.0 Å². The number of anilines is 2. The van der Waals surface area contributed by atoms with Crippen molar-refractivity contribution in [1.82, 2.24) is 15.3 Å². The van der Waals surface area contributed by atoms with Gasteiger partial charge in [-0.25, -0.2) is 10.4 Å². The first-order chi connectivity index (χ1) is 15.7. The molecule has 4 rings (SSSR count).